The Bertz CT molecular complexity index is 1890. The Morgan fingerprint density at radius 1 is 0.938 bits per heavy atom. The van der Waals surface area contributed by atoms with Crippen LogP contribution < -0.4 is 0 Å². The van der Waals surface area contributed by atoms with Crippen molar-refractivity contribution in [1.29, 1.82) is 0 Å². The summed E-state index contributed by atoms with van der Waals surface area (Å²) in [5.74, 6) is -0.0868. The number of nitrogens with zero attached hydrogens (tertiary/aromatic N) is 11. The highest BCUT2D eigenvalue weighted by molar-refractivity contribution is 5.93. The van der Waals surface area contributed by atoms with Crippen molar-refractivity contribution < 1.29 is 24.5 Å². The van der Waals surface area contributed by atoms with Gasteiger partial charge < -0.3 is 19.8 Å². The van der Waals surface area contributed by atoms with Gasteiger partial charge in [-0.1, -0.05) is 13.0 Å². The molecule has 0 saturated heterocycles. The third-order valence-corrected chi connectivity index (χ3v) is 7.15. The van der Waals surface area contributed by atoms with E-state index in [1.165, 1.54) is 28.6 Å². The van der Waals surface area contributed by atoms with Crippen molar-refractivity contribution >= 4 is 29.9 Å². The topological polar surface area (TPSA) is 199 Å². The van der Waals surface area contributed by atoms with E-state index in [1.54, 1.807) is 55.4 Å². The van der Waals surface area contributed by atoms with Crippen LogP contribution in [0, 0.1) is 13.8 Å². The minimum atomic E-state index is -0.556. The molecule has 0 unspecified atom stereocenters. The smallest absolute Gasteiger partial charge is 0.303 e. The number of hydrogen-bond acceptors (Lipinski definition) is 13. The van der Waals surface area contributed by atoms with Crippen LogP contribution >= 0.6 is 0 Å². The zero-order valence-corrected chi connectivity index (χ0v) is 26.7. The van der Waals surface area contributed by atoms with Crippen molar-refractivity contribution in [2.24, 2.45) is 10.2 Å². The van der Waals surface area contributed by atoms with E-state index in [9.17, 15) is 19.8 Å². The average molecular weight is 652 g/mol. The Labute approximate surface area is 275 Å². The van der Waals surface area contributed by atoms with Crippen LogP contribution in [0.4, 0.5) is 0 Å². The minimum Gasteiger partial charge on any atom is -0.507 e. The maximum absolute atomic E-state index is 13.2. The van der Waals surface area contributed by atoms with Crippen molar-refractivity contribution in [1.82, 2.24) is 45.5 Å². The molecule has 0 radical (unpaired) electrons. The normalized spacial score (nSPS) is 12.9. The largest absolute Gasteiger partial charge is 0.507 e. The second-order valence-electron chi connectivity index (χ2n) is 10.7. The Morgan fingerprint density at radius 2 is 1.50 bits per heavy atom. The van der Waals surface area contributed by atoms with Crippen molar-refractivity contribution in [2.45, 2.75) is 40.5 Å². The Morgan fingerprint density at radius 3 is 1.98 bits per heavy atom. The molecule has 2 N–H and O–H groups in total. The first-order chi connectivity index (χ1) is 23.1. The van der Waals surface area contributed by atoms with Gasteiger partial charge in [0, 0.05) is 30.3 Å². The summed E-state index contributed by atoms with van der Waals surface area (Å²) >= 11 is 0. The fraction of sp³-hybridized carbons (Fsp3) is 0.250. The molecule has 48 heavy (non-hydrogen) atoms. The molecule has 4 aromatic rings. The summed E-state index contributed by atoms with van der Waals surface area (Å²) in [7, 11) is 0. The predicted octanol–water partition coefficient (Wildman–Crippen LogP) is 2.90. The number of esters is 1. The molecule has 0 spiro atoms. The number of carbonyl (C=O) groups is 2. The first kappa shape index (κ1) is 33.1. The number of carbonyl (C=O) groups excluding carboxylic acids is 2. The first-order valence-corrected chi connectivity index (χ1v) is 14.9. The maximum atomic E-state index is 13.2. The van der Waals surface area contributed by atoms with Crippen LogP contribution in [0.15, 0.2) is 76.1 Å². The standard InChI is InChI=1S/C32H33N11O5/c1-5-13-41(31(47)19-48-22(4)44)26-8-6-7-25(16-26)32(27-14-23(9-11-29(27)45)17-33-42-20(2)35-37-39-42)28-15-24(10-12-30(28)46)18-34-43-21(3)36-38-40-43/h6,8-12,14-18,45-46H,5,7,13,19H2,1-4H3/b33-17+,34-18+. The Balaban J connectivity index is 1.67. The van der Waals surface area contributed by atoms with Crippen LogP contribution in [-0.2, 0) is 14.3 Å². The number of aryl methyl sites for hydroxylation is 2. The van der Waals surface area contributed by atoms with E-state index in [2.05, 4.69) is 41.3 Å². The van der Waals surface area contributed by atoms with Crippen molar-refractivity contribution in [2.75, 3.05) is 13.2 Å². The molecular weight excluding hydrogens is 618 g/mol. The Hall–Kier alpha value is -6.32. The number of allylic oxidation sites excluding steroid dienone is 4. The number of rotatable bonds is 11. The van der Waals surface area contributed by atoms with Gasteiger partial charge in [0.2, 0.25) is 0 Å². The highest BCUT2D eigenvalue weighted by Crippen LogP contribution is 2.40. The molecule has 2 heterocycles. The Kier molecular flexibility index (Phi) is 10.2. The van der Waals surface area contributed by atoms with Crippen LogP contribution in [0.1, 0.15) is 60.6 Å². The van der Waals surface area contributed by atoms with Crippen LogP contribution in [0.5, 0.6) is 11.5 Å². The zero-order chi connectivity index (χ0) is 34.2. The highest BCUT2D eigenvalue weighted by Gasteiger charge is 2.23. The fourth-order valence-corrected chi connectivity index (χ4v) is 4.87. The third kappa shape index (κ3) is 7.72. The van der Waals surface area contributed by atoms with E-state index in [-0.39, 0.29) is 17.4 Å². The van der Waals surface area contributed by atoms with Gasteiger partial charge in [0.05, 0.1) is 12.4 Å². The molecule has 1 aliphatic carbocycles. The monoisotopic (exact) mass is 651 g/mol. The summed E-state index contributed by atoms with van der Waals surface area (Å²) in [5, 5.41) is 53.7. The van der Waals surface area contributed by atoms with Gasteiger partial charge in [-0.25, -0.2) is 0 Å². The predicted molar refractivity (Wildman–Crippen MR) is 174 cm³/mol. The van der Waals surface area contributed by atoms with Gasteiger partial charge in [-0.2, -0.15) is 10.2 Å². The second kappa shape index (κ2) is 14.8. The van der Waals surface area contributed by atoms with Gasteiger partial charge in [-0.15, -0.1) is 19.8 Å². The second-order valence-corrected chi connectivity index (χ2v) is 10.7. The summed E-state index contributed by atoms with van der Waals surface area (Å²) in [6.07, 6.45) is 9.67. The molecular formula is C32H33N11O5. The number of aromatic hydroxyl groups is 2. The number of aromatic nitrogens is 8. The molecule has 1 aliphatic rings. The summed E-state index contributed by atoms with van der Waals surface area (Å²) in [5.41, 5.74) is 3.76. The van der Waals surface area contributed by atoms with E-state index < -0.39 is 12.6 Å². The number of tetrazole rings is 2. The molecule has 0 atom stereocenters. The molecule has 0 fully saturated rings. The number of phenols is 2. The molecule has 2 aromatic carbocycles. The van der Waals surface area contributed by atoms with Gasteiger partial charge in [-0.05, 0) is 118 Å². The number of phenolic OH excluding ortho intramolecular Hbond substituents is 2. The molecule has 0 bridgehead atoms. The minimum absolute atomic E-state index is 0.0584. The number of hydrogen-bond donors (Lipinski definition) is 2. The van der Waals surface area contributed by atoms with Crippen LogP contribution in [0.2, 0.25) is 0 Å². The van der Waals surface area contributed by atoms with E-state index in [4.69, 9.17) is 4.74 Å². The number of ether oxygens (including phenoxy) is 1. The van der Waals surface area contributed by atoms with Crippen molar-refractivity contribution in [3.8, 4) is 11.5 Å². The first-order valence-electron chi connectivity index (χ1n) is 14.9. The lowest BCUT2D eigenvalue weighted by Crippen LogP contribution is -2.34. The SMILES string of the molecule is CCCN(C(=O)COC(C)=O)C1=CC(=C(c2cc(/C=N/n3nnnc3C)ccc2O)c2cc(/C=N/n3nnnc3C)ccc2O)CC=C1. The molecule has 246 valence electrons. The molecule has 16 nitrogen and oxygen atoms in total. The van der Waals surface area contributed by atoms with Crippen LogP contribution in [0.25, 0.3) is 5.57 Å². The van der Waals surface area contributed by atoms with Gasteiger partial charge in [0.15, 0.2) is 18.3 Å². The average Bonchev–Trinajstić information content (AvgIpc) is 3.69. The van der Waals surface area contributed by atoms with E-state index in [0.29, 0.717) is 70.1 Å². The third-order valence-electron chi connectivity index (χ3n) is 7.15. The molecule has 0 saturated carbocycles. The van der Waals surface area contributed by atoms with Crippen LogP contribution in [0.3, 0.4) is 0 Å². The molecule has 1 amide bonds. The van der Waals surface area contributed by atoms with Gasteiger partial charge in [0.1, 0.15) is 11.5 Å². The summed E-state index contributed by atoms with van der Waals surface area (Å²) in [6, 6.07) is 9.88. The lowest BCUT2D eigenvalue weighted by molar-refractivity contribution is -0.149. The number of benzene rings is 2. The zero-order valence-electron chi connectivity index (χ0n) is 26.7. The number of amides is 1. The molecule has 16 heteroatoms. The van der Waals surface area contributed by atoms with Gasteiger partial charge in [0.25, 0.3) is 5.91 Å². The lowest BCUT2D eigenvalue weighted by Gasteiger charge is -2.26. The lowest BCUT2D eigenvalue weighted by atomic mass is 9.87. The van der Waals surface area contributed by atoms with Crippen LogP contribution in [-0.4, -0.2) is 93.2 Å². The van der Waals surface area contributed by atoms with E-state index in [0.717, 1.165) is 0 Å². The van der Waals surface area contributed by atoms with E-state index >= 15 is 0 Å². The van der Waals surface area contributed by atoms with Gasteiger partial charge in [-0.3, -0.25) is 9.59 Å². The van der Waals surface area contributed by atoms with E-state index in [1.807, 2.05) is 25.2 Å². The maximum Gasteiger partial charge on any atom is 0.303 e. The van der Waals surface area contributed by atoms with Gasteiger partial charge >= 0.3 is 5.97 Å². The summed E-state index contributed by atoms with van der Waals surface area (Å²) < 4.78 is 4.99. The highest BCUT2D eigenvalue weighted by atomic mass is 16.5. The molecule has 0 aliphatic heterocycles. The summed E-state index contributed by atoms with van der Waals surface area (Å²) in [4.78, 5) is 28.7. The quantitative estimate of drug-likeness (QED) is 0.179. The molecule has 2 aromatic heterocycles. The van der Waals surface area contributed by atoms with Crippen molar-refractivity contribution in [3.63, 3.8) is 0 Å². The summed E-state index contributed by atoms with van der Waals surface area (Å²) in [6.45, 7) is 6.57. The van der Waals surface area contributed by atoms with Crippen molar-refractivity contribution in [3.05, 3.63) is 99.8 Å². The molecule has 5 rings (SSSR count). The fourth-order valence-electron chi connectivity index (χ4n) is 4.87.